The maximum absolute atomic E-state index is 3.54. The topological polar surface area (TPSA) is 18.5 Å². The summed E-state index contributed by atoms with van der Waals surface area (Å²) in [6, 6.07) is 0. The molecule has 0 aromatic heterocycles. The Bertz CT molecular complexity index is 306. The first-order chi connectivity index (χ1) is 10.9. The fourth-order valence-corrected chi connectivity index (χ4v) is 4.05. The minimum atomic E-state index is 0.384. The van der Waals surface area contributed by atoms with Crippen molar-refractivity contribution in [3.63, 3.8) is 0 Å². The average molecular weight is 326 g/mol. The molecule has 0 saturated carbocycles. The van der Waals surface area contributed by atoms with Crippen LogP contribution < -0.4 is 5.32 Å². The van der Waals surface area contributed by atoms with Crippen LogP contribution in [0.15, 0.2) is 0 Å². The van der Waals surface area contributed by atoms with Crippen LogP contribution in [0.4, 0.5) is 0 Å². The summed E-state index contributed by atoms with van der Waals surface area (Å²) in [5.74, 6) is 0. The number of hydrogen-bond acceptors (Lipinski definition) is 3. The molecule has 0 radical (unpaired) electrons. The lowest BCUT2D eigenvalue weighted by atomic mass is 9.72. The van der Waals surface area contributed by atoms with E-state index in [0.29, 0.717) is 11.0 Å². The fraction of sp³-hybridized carbons (Fsp3) is 1.00. The van der Waals surface area contributed by atoms with E-state index in [-0.39, 0.29) is 0 Å². The maximum Gasteiger partial charge on any atom is 0.0180 e. The van der Waals surface area contributed by atoms with Gasteiger partial charge in [-0.25, -0.2) is 0 Å². The Balaban J connectivity index is 2.64. The molecule has 1 aliphatic heterocycles. The van der Waals surface area contributed by atoms with Crippen molar-refractivity contribution in [2.75, 3.05) is 46.3 Å². The van der Waals surface area contributed by atoms with Gasteiger partial charge in [-0.15, -0.1) is 0 Å². The highest BCUT2D eigenvalue weighted by Crippen LogP contribution is 2.39. The van der Waals surface area contributed by atoms with Crippen molar-refractivity contribution < 1.29 is 0 Å². The van der Waals surface area contributed by atoms with Gasteiger partial charge in [0, 0.05) is 31.7 Å². The molecule has 1 fully saturated rings. The average Bonchev–Trinajstić information content (AvgIpc) is 2.58. The summed E-state index contributed by atoms with van der Waals surface area (Å²) in [5.41, 5.74) is 0.917. The molecule has 0 aromatic carbocycles. The highest BCUT2D eigenvalue weighted by atomic mass is 15.3. The van der Waals surface area contributed by atoms with E-state index in [9.17, 15) is 0 Å². The third-order valence-corrected chi connectivity index (χ3v) is 6.80. The molecule has 0 aliphatic carbocycles. The molecule has 1 aliphatic rings. The zero-order valence-electron chi connectivity index (χ0n) is 16.9. The summed E-state index contributed by atoms with van der Waals surface area (Å²) in [6.07, 6.45) is 7.96. The van der Waals surface area contributed by atoms with Gasteiger partial charge < -0.3 is 10.2 Å². The smallest absolute Gasteiger partial charge is 0.0180 e. The van der Waals surface area contributed by atoms with E-state index in [1.165, 1.54) is 71.2 Å². The molecule has 1 unspecified atom stereocenters. The van der Waals surface area contributed by atoms with Crippen molar-refractivity contribution in [2.24, 2.45) is 5.41 Å². The van der Waals surface area contributed by atoms with Crippen molar-refractivity contribution in [3.05, 3.63) is 0 Å². The van der Waals surface area contributed by atoms with Crippen LogP contribution in [0.25, 0.3) is 0 Å². The van der Waals surface area contributed by atoms with Crippen molar-refractivity contribution in [1.82, 2.24) is 15.1 Å². The van der Waals surface area contributed by atoms with Crippen molar-refractivity contribution in [1.29, 1.82) is 0 Å². The third kappa shape index (κ3) is 6.03. The van der Waals surface area contributed by atoms with Gasteiger partial charge in [0.1, 0.15) is 0 Å². The number of nitrogens with zero attached hydrogens (tertiary/aromatic N) is 2. The zero-order chi connectivity index (χ0) is 17.3. The normalized spacial score (nSPS) is 20.6. The lowest BCUT2D eigenvalue weighted by Crippen LogP contribution is -2.55. The summed E-state index contributed by atoms with van der Waals surface area (Å²) >= 11 is 0. The van der Waals surface area contributed by atoms with Gasteiger partial charge in [-0.2, -0.15) is 0 Å². The van der Waals surface area contributed by atoms with Gasteiger partial charge in [-0.05, 0) is 58.2 Å². The lowest BCUT2D eigenvalue weighted by molar-refractivity contribution is 0.0295. The van der Waals surface area contributed by atoms with E-state index in [0.717, 1.165) is 6.54 Å². The number of likely N-dealkylation sites (N-methyl/N-ethyl adjacent to an activating group) is 1. The molecule has 1 rings (SSSR count). The van der Waals surface area contributed by atoms with Crippen LogP contribution in [0.1, 0.15) is 73.1 Å². The quantitative estimate of drug-likeness (QED) is 0.580. The Hall–Kier alpha value is -0.120. The van der Waals surface area contributed by atoms with E-state index in [4.69, 9.17) is 0 Å². The first kappa shape index (κ1) is 20.9. The molecule has 1 saturated heterocycles. The van der Waals surface area contributed by atoms with E-state index in [1.54, 1.807) is 0 Å². The summed E-state index contributed by atoms with van der Waals surface area (Å²) < 4.78 is 0. The van der Waals surface area contributed by atoms with Crippen molar-refractivity contribution in [2.45, 2.75) is 78.7 Å². The lowest BCUT2D eigenvalue weighted by Gasteiger charge is -2.47. The van der Waals surface area contributed by atoms with Gasteiger partial charge in [0.05, 0.1) is 0 Å². The van der Waals surface area contributed by atoms with Crippen LogP contribution in [0.5, 0.6) is 0 Å². The van der Waals surface area contributed by atoms with Gasteiger partial charge in [-0.3, -0.25) is 4.90 Å². The Kier molecular flexibility index (Phi) is 9.10. The van der Waals surface area contributed by atoms with E-state index in [2.05, 4.69) is 56.8 Å². The van der Waals surface area contributed by atoms with Crippen molar-refractivity contribution in [3.8, 4) is 0 Å². The summed E-state index contributed by atoms with van der Waals surface area (Å²) in [6.45, 7) is 19.1. The van der Waals surface area contributed by atoms with Gasteiger partial charge in [0.2, 0.25) is 0 Å². The van der Waals surface area contributed by atoms with Gasteiger partial charge in [-0.1, -0.05) is 40.5 Å². The maximum atomic E-state index is 3.54. The zero-order valence-corrected chi connectivity index (χ0v) is 16.9. The fourth-order valence-electron chi connectivity index (χ4n) is 4.05. The summed E-state index contributed by atoms with van der Waals surface area (Å²) in [4.78, 5) is 5.23. The minimum Gasteiger partial charge on any atom is -0.317 e. The first-order valence-electron chi connectivity index (χ1n) is 10.1. The second-order valence-electron chi connectivity index (χ2n) is 7.95. The third-order valence-electron chi connectivity index (χ3n) is 6.80. The molecule has 0 amide bonds. The van der Waals surface area contributed by atoms with Crippen LogP contribution in [0.3, 0.4) is 0 Å². The number of rotatable bonds is 11. The molecular formula is C20H43N3. The highest BCUT2D eigenvalue weighted by molar-refractivity contribution is 4.91. The molecule has 1 heterocycles. The van der Waals surface area contributed by atoms with Gasteiger partial charge >= 0.3 is 0 Å². The molecule has 0 aromatic rings. The van der Waals surface area contributed by atoms with Crippen LogP contribution >= 0.6 is 0 Å². The first-order valence-corrected chi connectivity index (χ1v) is 10.1. The predicted molar refractivity (Wildman–Crippen MR) is 103 cm³/mol. The SMILES string of the molecule is CCNCCC(CC)(CC)CCC(C)(CC)N1CCN(C)CC1. The molecule has 0 spiro atoms. The predicted octanol–water partition coefficient (Wildman–Crippen LogP) is 3.99. The number of piperazine rings is 1. The van der Waals surface area contributed by atoms with E-state index >= 15 is 0 Å². The van der Waals surface area contributed by atoms with Gasteiger partial charge in [0.25, 0.3) is 0 Å². The molecule has 0 bridgehead atoms. The van der Waals surface area contributed by atoms with Crippen molar-refractivity contribution >= 4 is 0 Å². The Morgan fingerprint density at radius 3 is 1.91 bits per heavy atom. The Labute approximate surface area is 146 Å². The molecule has 23 heavy (non-hydrogen) atoms. The minimum absolute atomic E-state index is 0.384. The second kappa shape index (κ2) is 10.0. The molecule has 138 valence electrons. The van der Waals surface area contributed by atoms with Crippen LogP contribution in [0, 0.1) is 5.41 Å². The van der Waals surface area contributed by atoms with E-state index in [1.807, 2.05) is 0 Å². The molecule has 3 nitrogen and oxygen atoms in total. The summed E-state index contributed by atoms with van der Waals surface area (Å²) in [5, 5.41) is 3.54. The second-order valence-corrected chi connectivity index (χ2v) is 7.95. The number of nitrogens with one attached hydrogen (secondary N) is 1. The standard InChI is InChI=1S/C20H43N3/c1-7-19(5,23-17-15-22(6)16-18-23)11-12-20(8-2,9-3)13-14-21-10-4/h21H,7-18H2,1-6H3. The van der Waals surface area contributed by atoms with Crippen LogP contribution in [-0.4, -0.2) is 61.7 Å². The van der Waals surface area contributed by atoms with Crippen LogP contribution in [-0.2, 0) is 0 Å². The Morgan fingerprint density at radius 2 is 1.43 bits per heavy atom. The van der Waals surface area contributed by atoms with Crippen LogP contribution in [0.2, 0.25) is 0 Å². The summed E-state index contributed by atoms with van der Waals surface area (Å²) in [7, 11) is 2.25. The monoisotopic (exact) mass is 325 g/mol. The molecule has 1 atom stereocenters. The van der Waals surface area contributed by atoms with E-state index < -0.39 is 0 Å². The molecule has 3 heteroatoms. The van der Waals surface area contributed by atoms with Gasteiger partial charge in [0.15, 0.2) is 0 Å². The largest absolute Gasteiger partial charge is 0.317 e. The number of hydrogen-bond donors (Lipinski definition) is 1. The highest BCUT2D eigenvalue weighted by Gasteiger charge is 2.35. The molecule has 1 N–H and O–H groups in total. The molecular weight excluding hydrogens is 282 g/mol. The Morgan fingerprint density at radius 1 is 0.826 bits per heavy atom.